The second-order valence-electron chi connectivity index (χ2n) is 5.26. The molecule has 124 valence electrons. The van der Waals surface area contributed by atoms with Gasteiger partial charge in [0.25, 0.3) is 0 Å². The number of anilines is 1. The molecule has 0 saturated carbocycles. The highest BCUT2D eigenvalue weighted by atomic mass is 32.2. The average molecular weight is 352 g/mol. The highest BCUT2D eigenvalue weighted by molar-refractivity contribution is 7.89. The van der Waals surface area contributed by atoms with Crippen LogP contribution >= 0.6 is 11.3 Å². The first-order valence-electron chi connectivity index (χ1n) is 7.35. The van der Waals surface area contributed by atoms with Gasteiger partial charge in [-0.15, -0.1) is 11.3 Å². The second-order valence-corrected chi connectivity index (χ2v) is 8.01. The molecule has 1 atom stereocenters. The summed E-state index contributed by atoms with van der Waals surface area (Å²) in [6.07, 6.45) is 1.03. The van der Waals surface area contributed by atoms with E-state index >= 15 is 0 Å². The predicted octanol–water partition coefficient (Wildman–Crippen LogP) is 3.01. The van der Waals surface area contributed by atoms with Crippen molar-refractivity contribution in [3.05, 3.63) is 46.7 Å². The SMILES string of the molecule is CC[C@H](C)NS(=O)(=O)c1ccc(NC(=O)Cc2cccs2)cc1. The summed E-state index contributed by atoms with van der Waals surface area (Å²) in [5, 5.41) is 4.69. The molecule has 0 unspecified atom stereocenters. The van der Waals surface area contributed by atoms with Crippen molar-refractivity contribution < 1.29 is 13.2 Å². The standard InChI is InChI=1S/C16H20N2O3S2/c1-3-12(2)18-23(20,21)15-8-6-13(7-9-15)17-16(19)11-14-5-4-10-22-14/h4-10,12,18H,3,11H2,1-2H3,(H,17,19)/t12-/m0/s1. The molecule has 2 N–H and O–H groups in total. The zero-order valence-corrected chi connectivity index (χ0v) is 14.7. The Balaban J connectivity index is 2.00. The van der Waals surface area contributed by atoms with E-state index in [1.54, 1.807) is 12.1 Å². The van der Waals surface area contributed by atoms with Crippen LogP contribution in [0.1, 0.15) is 25.1 Å². The first kappa shape index (κ1) is 17.7. The molecule has 0 radical (unpaired) electrons. The van der Waals surface area contributed by atoms with Gasteiger partial charge in [0.2, 0.25) is 15.9 Å². The Morgan fingerprint density at radius 1 is 1.22 bits per heavy atom. The monoisotopic (exact) mass is 352 g/mol. The number of carbonyl (C=O) groups excluding carboxylic acids is 1. The highest BCUT2D eigenvalue weighted by Crippen LogP contribution is 2.16. The molecule has 5 nitrogen and oxygen atoms in total. The van der Waals surface area contributed by atoms with Gasteiger partial charge in [-0.1, -0.05) is 13.0 Å². The summed E-state index contributed by atoms with van der Waals surface area (Å²) >= 11 is 1.53. The molecule has 7 heteroatoms. The molecule has 0 fully saturated rings. The number of hydrogen-bond acceptors (Lipinski definition) is 4. The molecule has 1 amide bonds. The maximum atomic E-state index is 12.1. The van der Waals surface area contributed by atoms with Gasteiger partial charge >= 0.3 is 0 Å². The van der Waals surface area contributed by atoms with Crippen molar-refractivity contribution in [2.24, 2.45) is 0 Å². The zero-order chi connectivity index (χ0) is 16.9. The molecular formula is C16H20N2O3S2. The van der Waals surface area contributed by atoms with Crippen LogP contribution in [0.4, 0.5) is 5.69 Å². The van der Waals surface area contributed by atoms with E-state index in [9.17, 15) is 13.2 Å². The van der Waals surface area contributed by atoms with Crippen molar-refractivity contribution in [1.82, 2.24) is 4.72 Å². The van der Waals surface area contributed by atoms with Crippen LogP contribution in [0.3, 0.4) is 0 Å². The lowest BCUT2D eigenvalue weighted by Crippen LogP contribution is -2.31. The fourth-order valence-corrected chi connectivity index (χ4v) is 3.94. The summed E-state index contributed by atoms with van der Waals surface area (Å²) in [4.78, 5) is 13.1. The van der Waals surface area contributed by atoms with Crippen molar-refractivity contribution in [3.8, 4) is 0 Å². The normalized spacial score (nSPS) is 12.8. The number of sulfonamides is 1. The molecule has 0 aliphatic carbocycles. The van der Waals surface area contributed by atoms with E-state index in [0.717, 1.165) is 11.3 Å². The average Bonchev–Trinajstić information content (AvgIpc) is 3.00. The van der Waals surface area contributed by atoms with E-state index in [1.807, 2.05) is 31.4 Å². The Morgan fingerprint density at radius 2 is 1.91 bits per heavy atom. The maximum absolute atomic E-state index is 12.1. The molecule has 23 heavy (non-hydrogen) atoms. The van der Waals surface area contributed by atoms with Gasteiger partial charge in [-0.25, -0.2) is 13.1 Å². The lowest BCUT2D eigenvalue weighted by Gasteiger charge is -2.12. The fraction of sp³-hybridized carbons (Fsp3) is 0.312. The Labute approximate surface area is 140 Å². The molecule has 1 heterocycles. The van der Waals surface area contributed by atoms with Crippen LogP contribution in [0.5, 0.6) is 0 Å². The van der Waals surface area contributed by atoms with Crippen LogP contribution in [0.2, 0.25) is 0 Å². The van der Waals surface area contributed by atoms with Crippen LogP contribution in [0, 0.1) is 0 Å². The van der Waals surface area contributed by atoms with Crippen LogP contribution in [0.25, 0.3) is 0 Å². The zero-order valence-electron chi connectivity index (χ0n) is 13.1. The number of hydrogen-bond donors (Lipinski definition) is 2. The van der Waals surface area contributed by atoms with Gasteiger partial charge in [0.1, 0.15) is 0 Å². The van der Waals surface area contributed by atoms with Gasteiger partial charge in [0, 0.05) is 16.6 Å². The van der Waals surface area contributed by atoms with E-state index < -0.39 is 10.0 Å². The van der Waals surface area contributed by atoms with Crippen molar-refractivity contribution in [2.45, 2.75) is 37.6 Å². The van der Waals surface area contributed by atoms with E-state index in [4.69, 9.17) is 0 Å². The Bertz CT molecular complexity index is 738. The summed E-state index contributed by atoms with van der Waals surface area (Å²) in [6, 6.07) is 9.86. The minimum Gasteiger partial charge on any atom is -0.326 e. The predicted molar refractivity (Wildman–Crippen MR) is 93.2 cm³/mol. The molecule has 2 aromatic rings. The van der Waals surface area contributed by atoms with Gasteiger partial charge in [-0.05, 0) is 49.1 Å². The number of nitrogens with one attached hydrogen (secondary N) is 2. The first-order chi connectivity index (χ1) is 10.9. The van der Waals surface area contributed by atoms with Gasteiger partial charge in [-0.2, -0.15) is 0 Å². The molecule has 0 saturated heterocycles. The third-order valence-corrected chi connectivity index (χ3v) is 5.81. The van der Waals surface area contributed by atoms with E-state index in [1.165, 1.54) is 23.5 Å². The summed E-state index contributed by atoms with van der Waals surface area (Å²) in [6.45, 7) is 3.73. The van der Waals surface area contributed by atoms with Gasteiger partial charge in [0.15, 0.2) is 0 Å². The molecule has 0 aliphatic rings. The number of amides is 1. The third-order valence-electron chi connectivity index (χ3n) is 3.33. The summed E-state index contributed by atoms with van der Waals surface area (Å²) in [5.74, 6) is -0.124. The number of benzene rings is 1. The molecule has 0 bridgehead atoms. The molecule has 0 spiro atoms. The molecule has 1 aromatic carbocycles. The summed E-state index contributed by atoms with van der Waals surface area (Å²) in [7, 11) is -3.52. The largest absolute Gasteiger partial charge is 0.326 e. The molecule has 2 rings (SSSR count). The number of rotatable bonds is 7. The molecule has 1 aromatic heterocycles. The lowest BCUT2D eigenvalue weighted by molar-refractivity contribution is -0.115. The van der Waals surface area contributed by atoms with Crippen molar-refractivity contribution >= 4 is 33.0 Å². The topological polar surface area (TPSA) is 75.3 Å². The van der Waals surface area contributed by atoms with E-state index in [2.05, 4.69) is 10.0 Å². The highest BCUT2D eigenvalue weighted by Gasteiger charge is 2.16. The smallest absolute Gasteiger partial charge is 0.240 e. The minimum absolute atomic E-state index is 0.120. The number of thiophene rings is 1. The summed E-state index contributed by atoms with van der Waals surface area (Å²) < 4.78 is 26.9. The Hall–Kier alpha value is -1.70. The van der Waals surface area contributed by atoms with E-state index in [0.29, 0.717) is 12.1 Å². The quantitative estimate of drug-likeness (QED) is 0.804. The van der Waals surface area contributed by atoms with Gasteiger partial charge in [0.05, 0.1) is 11.3 Å². The van der Waals surface area contributed by atoms with Crippen LogP contribution < -0.4 is 10.0 Å². The lowest BCUT2D eigenvalue weighted by atomic mass is 10.3. The van der Waals surface area contributed by atoms with Crippen molar-refractivity contribution in [3.63, 3.8) is 0 Å². The Kier molecular flexibility index (Phi) is 5.92. The molecule has 0 aliphatic heterocycles. The first-order valence-corrected chi connectivity index (χ1v) is 9.71. The Morgan fingerprint density at radius 3 is 2.48 bits per heavy atom. The van der Waals surface area contributed by atoms with Gasteiger partial charge < -0.3 is 5.32 Å². The van der Waals surface area contributed by atoms with Crippen molar-refractivity contribution in [1.29, 1.82) is 0 Å². The third kappa shape index (κ3) is 5.16. The van der Waals surface area contributed by atoms with Crippen LogP contribution in [-0.4, -0.2) is 20.4 Å². The second kappa shape index (κ2) is 7.72. The van der Waals surface area contributed by atoms with Crippen LogP contribution in [-0.2, 0) is 21.2 Å². The van der Waals surface area contributed by atoms with E-state index in [-0.39, 0.29) is 16.8 Å². The summed E-state index contributed by atoms with van der Waals surface area (Å²) in [5.41, 5.74) is 0.578. The minimum atomic E-state index is -3.52. The van der Waals surface area contributed by atoms with Crippen LogP contribution in [0.15, 0.2) is 46.7 Å². The van der Waals surface area contributed by atoms with Gasteiger partial charge in [-0.3, -0.25) is 4.79 Å². The van der Waals surface area contributed by atoms with Crippen molar-refractivity contribution in [2.75, 3.05) is 5.32 Å². The maximum Gasteiger partial charge on any atom is 0.240 e. The fourth-order valence-electron chi connectivity index (χ4n) is 1.91. The molecular weight excluding hydrogens is 332 g/mol. The number of carbonyl (C=O) groups is 1.